The van der Waals surface area contributed by atoms with Gasteiger partial charge in [0.2, 0.25) is 0 Å². The first-order chi connectivity index (χ1) is 9.56. The molecule has 0 fully saturated rings. The number of phenols is 2. The summed E-state index contributed by atoms with van der Waals surface area (Å²) in [6, 6.07) is 12.4. The van der Waals surface area contributed by atoms with Crippen molar-refractivity contribution in [3.05, 3.63) is 59.7 Å². The van der Waals surface area contributed by atoms with Gasteiger partial charge >= 0.3 is 0 Å². The van der Waals surface area contributed by atoms with E-state index in [2.05, 4.69) is 10.5 Å². The molecule has 2 aromatic rings. The molecule has 0 bridgehead atoms. The van der Waals surface area contributed by atoms with E-state index in [1.54, 1.807) is 31.2 Å². The predicted octanol–water partition coefficient (Wildman–Crippen LogP) is 2.25. The number of amides is 1. The van der Waals surface area contributed by atoms with Gasteiger partial charge in [0.15, 0.2) is 0 Å². The van der Waals surface area contributed by atoms with Gasteiger partial charge in [0.1, 0.15) is 11.5 Å². The molecule has 0 saturated heterocycles. The summed E-state index contributed by atoms with van der Waals surface area (Å²) >= 11 is 0. The number of nitrogens with zero attached hydrogens (tertiary/aromatic N) is 1. The molecule has 20 heavy (non-hydrogen) atoms. The minimum atomic E-state index is -0.358. The average molecular weight is 270 g/mol. The number of carbonyl (C=O) groups excluding carboxylic acids is 1. The lowest BCUT2D eigenvalue weighted by Crippen LogP contribution is -2.19. The van der Waals surface area contributed by atoms with Gasteiger partial charge in [0.05, 0.1) is 5.71 Å². The van der Waals surface area contributed by atoms with Crippen LogP contribution >= 0.6 is 0 Å². The van der Waals surface area contributed by atoms with Crippen molar-refractivity contribution < 1.29 is 15.0 Å². The zero-order valence-corrected chi connectivity index (χ0v) is 10.9. The molecule has 102 valence electrons. The summed E-state index contributed by atoms with van der Waals surface area (Å²) in [7, 11) is 0. The largest absolute Gasteiger partial charge is 0.508 e. The molecule has 0 aliphatic carbocycles. The Hall–Kier alpha value is -2.82. The van der Waals surface area contributed by atoms with Crippen LogP contribution in [0.25, 0.3) is 0 Å². The van der Waals surface area contributed by atoms with E-state index in [9.17, 15) is 9.90 Å². The van der Waals surface area contributed by atoms with E-state index in [0.29, 0.717) is 11.3 Å². The number of carbonyl (C=O) groups is 1. The highest BCUT2D eigenvalue weighted by molar-refractivity contribution is 6.00. The van der Waals surface area contributed by atoms with Crippen molar-refractivity contribution in [2.75, 3.05) is 0 Å². The monoisotopic (exact) mass is 270 g/mol. The molecular weight excluding hydrogens is 256 g/mol. The molecule has 5 nitrogen and oxygen atoms in total. The Balaban J connectivity index is 2.06. The smallest absolute Gasteiger partial charge is 0.271 e. The number of hydrogen-bond donors (Lipinski definition) is 3. The molecule has 0 spiro atoms. The Kier molecular flexibility index (Phi) is 4.00. The SMILES string of the molecule is C/C(=N/NC(=O)c1ccc(O)cc1)c1ccc(O)cc1. The van der Waals surface area contributed by atoms with Crippen LogP contribution in [0.5, 0.6) is 11.5 Å². The number of aromatic hydroxyl groups is 2. The second-order valence-corrected chi connectivity index (χ2v) is 4.23. The molecule has 0 unspecified atom stereocenters. The molecule has 0 radical (unpaired) electrons. The van der Waals surface area contributed by atoms with Gasteiger partial charge in [-0.2, -0.15) is 5.10 Å². The third-order valence-electron chi connectivity index (χ3n) is 2.74. The Labute approximate surface area is 116 Å². The molecule has 0 atom stereocenters. The molecule has 5 heteroatoms. The average Bonchev–Trinajstić information content (AvgIpc) is 2.46. The van der Waals surface area contributed by atoms with Gasteiger partial charge < -0.3 is 10.2 Å². The van der Waals surface area contributed by atoms with Gasteiger partial charge in [-0.15, -0.1) is 0 Å². The van der Waals surface area contributed by atoms with Crippen molar-refractivity contribution in [3.63, 3.8) is 0 Å². The van der Waals surface area contributed by atoms with E-state index in [1.165, 1.54) is 24.3 Å². The third-order valence-corrected chi connectivity index (χ3v) is 2.74. The minimum Gasteiger partial charge on any atom is -0.508 e. The van der Waals surface area contributed by atoms with Gasteiger partial charge in [0.25, 0.3) is 5.91 Å². The van der Waals surface area contributed by atoms with Crippen molar-refractivity contribution in [2.24, 2.45) is 5.10 Å². The quantitative estimate of drug-likeness (QED) is 0.591. The van der Waals surface area contributed by atoms with Crippen LogP contribution in [-0.4, -0.2) is 21.8 Å². The Bertz CT molecular complexity index is 631. The van der Waals surface area contributed by atoms with Gasteiger partial charge in [-0.25, -0.2) is 5.43 Å². The number of hydrogen-bond acceptors (Lipinski definition) is 4. The van der Waals surface area contributed by atoms with E-state index in [0.717, 1.165) is 5.56 Å². The summed E-state index contributed by atoms with van der Waals surface area (Å²) in [5, 5.41) is 22.3. The van der Waals surface area contributed by atoms with Crippen LogP contribution in [-0.2, 0) is 0 Å². The van der Waals surface area contributed by atoms with Crippen LogP contribution in [0.1, 0.15) is 22.8 Å². The maximum absolute atomic E-state index is 11.8. The van der Waals surface area contributed by atoms with E-state index in [1.807, 2.05) is 0 Å². The van der Waals surface area contributed by atoms with Gasteiger partial charge in [-0.3, -0.25) is 4.79 Å². The fourth-order valence-corrected chi connectivity index (χ4v) is 1.58. The van der Waals surface area contributed by atoms with Crippen LogP contribution in [0.2, 0.25) is 0 Å². The lowest BCUT2D eigenvalue weighted by molar-refractivity contribution is 0.0955. The number of hydrazone groups is 1. The molecule has 2 aromatic carbocycles. The Morgan fingerprint density at radius 2 is 1.35 bits per heavy atom. The van der Waals surface area contributed by atoms with Crippen LogP contribution in [0.3, 0.4) is 0 Å². The van der Waals surface area contributed by atoms with Crippen molar-refractivity contribution in [2.45, 2.75) is 6.92 Å². The molecular formula is C15H14N2O3. The van der Waals surface area contributed by atoms with Crippen molar-refractivity contribution in [1.82, 2.24) is 5.43 Å². The molecule has 0 aliphatic heterocycles. The van der Waals surface area contributed by atoms with Crippen molar-refractivity contribution in [3.8, 4) is 11.5 Å². The van der Waals surface area contributed by atoms with Gasteiger partial charge in [-0.05, 0) is 61.0 Å². The van der Waals surface area contributed by atoms with Gasteiger partial charge in [0, 0.05) is 5.56 Å². The number of benzene rings is 2. The highest BCUT2D eigenvalue weighted by Crippen LogP contribution is 2.11. The molecule has 0 saturated carbocycles. The van der Waals surface area contributed by atoms with Crippen LogP contribution in [0.15, 0.2) is 53.6 Å². The van der Waals surface area contributed by atoms with E-state index in [-0.39, 0.29) is 17.4 Å². The number of rotatable bonds is 3. The molecule has 3 N–H and O–H groups in total. The summed E-state index contributed by atoms with van der Waals surface area (Å²) in [6.07, 6.45) is 0. The molecule has 1 amide bonds. The molecule has 0 aliphatic rings. The predicted molar refractivity (Wildman–Crippen MR) is 75.9 cm³/mol. The van der Waals surface area contributed by atoms with E-state index >= 15 is 0 Å². The van der Waals surface area contributed by atoms with Crippen LogP contribution < -0.4 is 5.43 Å². The summed E-state index contributed by atoms with van der Waals surface area (Å²) in [6.45, 7) is 1.75. The standard InChI is InChI=1S/C15H14N2O3/c1-10(11-2-6-13(18)7-3-11)16-17-15(20)12-4-8-14(19)9-5-12/h2-9,18-19H,1H3,(H,17,20)/b16-10-. The van der Waals surface area contributed by atoms with Crippen LogP contribution in [0.4, 0.5) is 0 Å². The summed E-state index contributed by atoms with van der Waals surface area (Å²) < 4.78 is 0. The highest BCUT2D eigenvalue weighted by Gasteiger charge is 2.04. The first-order valence-electron chi connectivity index (χ1n) is 5.99. The maximum Gasteiger partial charge on any atom is 0.271 e. The fraction of sp³-hybridized carbons (Fsp3) is 0.0667. The third kappa shape index (κ3) is 3.35. The van der Waals surface area contributed by atoms with Crippen molar-refractivity contribution in [1.29, 1.82) is 0 Å². The first-order valence-corrected chi connectivity index (χ1v) is 5.99. The topological polar surface area (TPSA) is 81.9 Å². The minimum absolute atomic E-state index is 0.102. The Morgan fingerprint density at radius 3 is 1.85 bits per heavy atom. The second-order valence-electron chi connectivity index (χ2n) is 4.23. The van der Waals surface area contributed by atoms with E-state index in [4.69, 9.17) is 5.11 Å². The second kappa shape index (κ2) is 5.88. The van der Waals surface area contributed by atoms with Crippen molar-refractivity contribution >= 4 is 11.6 Å². The molecule has 2 rings (SSSR count). The van der Waals surface area contributed by atoms with E-state index < -0.39 is 0 Å². The normalized spacial score (nSPS) is 11.2. The lowest BCUT2D eigenvalue weighted by Gasteiger charge is -2.03. The molecule has 0 heterocycles. The fourth-order valence-electron chi connectivity index (χ4n) is 1.58. The van der Waals surface area contributed by atoms with Gasteiger partial charge in [-0.1, -0.05) is 0 Å². The zero-order chi connectivity index (χ0) is 14.5. The molecule has 0 aromatic heterocycles. The summed E-state index contributed by atoms with van der Waals surface area (Å²) in [4.78, 5) is 11.8. The highest BCUT2D eigenvalue weighted by atomic mass is 16.3. The Morgan fingerprint density at radius 1 is 0.900 bits per heavy atom. The zero-order valence-electron chi connectivity index (χ0n) is 10.9. The number of phenolic OH excluding ortho intramolecular Hbond substituents is 2. The lowest BCUT2D eigenvalue weighted by atomic mass is 10.1. The summed E-state index contributed by atoms with van der Waals surface area (Å²) in [5.74, 6) is -0.0804. The maximum atomic E-state index is 11.8. The first kappa shape index (κ1) is 13.6. The number of nitrogens with one attached hydrogen (secondary N) is 1. The summed E-state index contributed by atoms with van der Waals surface area (Å²) in [5.41, 5.74) is 4.27. The van der Waals surface area contributed by atoms with Crippen LogP contribution in [0, 0.1) is 0 Å².